The van der Waals surface area contributed by atoms with Gasteiger partial charge in [-0.15, -0.1) is 0 Å². The van der Waals surface area contributed by atoms with E-state index >= 15 is 0 Å². The lowest BCUT2D eigenvalue weighted by atomic mass is 9.95. The molecular weight excluding hydrogens is 232 g/mol. The van der Waals surface area contributed by atoms with Gasteiger partial charge in [0.15, 0.2) is 0 Å². The van der Waals surface area contributed by atoms with Gasteiger partial charge in [-0.05, 0) is 12.8 Å². The molecule has 0 aromatic carbocycles. The summed E-state index contributed by atoms with van der Waals surface area (Å²) in [7, 11) is 0. The lowest BCUT2D eigenvalue weighted by molar-refractivity contribution is 0.0485. The van der Waals surface area contributed by atoms with Gasteiger partial charge in [0, 0.05) is 6.04 Å². The van der Waals surface area contributed by atoms with Crippen molar-refractivity contribution in [3.05, 3.63) is 0 Å². The topological polar surface area (TPSA) is 23.5 Å². The van der Waals surface area contributed by atoms with Crippen molar-refractivity contribution in [3.63, 3.8) is 0 Å². The number of rotatable bonds is 2. The van der Waals surface area contributed by atoms with E-state index in [1.165, 1.54) is 11.3 Å². The molecule has 78 valence electrons. The summed E-state index contributed by atoms with van der Waals surface area (Å²) < 4.78 is -1.48. The molecule has 0 saturated heterocycles. The fourth-order valence-corrected chi connectivity index (χ4v) is 2.37. The minimum absolute atomic E-state index is 0.193. The summed E-state index contributed by atoms with van der Waals surface area (Å²) in [5.41, 5.74) is 0. The second kappa shape index (κ2) is 5.04. The highest BCUT2D eigenvalue weighted by Crippen LogP contribution is 2.36. The Labute approximate surface area is 93.8 Å². The van der Waals surface area contributed by atoms with Crippen LogP contribution in [0.4, 0.5) is 0 Å². The number of hydrogen-bond donors (Lipinski definition) is 1. The largest absolute Gasteiger partial charge is 0.381 e. The van der Waals surface area contributed by atoms with Gasteiger partial charge in [-0.3, -0.25) is 0 Å². The second-order valence-corrected chi connectivity index (χ2v) is 5.59. The molecule has 1 fully saturated rings. The van der Waals surface area contributed by atoms with E-state index in [4.69, 9.17) is 39.9 Å². The lowest BCUT2D eigenvalue weighted by Crippen LogP contribution is -2.45. The van der Waals surface area contributed by atoms with Crippen molar-refractivity contribution in [2.45, 2.75) is 42.1 Å². The number of hydrogen-bond acceptors (Lipinski definition) is 2. The summed E-state index contributed by atoms with van der Waals surface area (Å²) in [5, 5.41) is 9.09. The number of aliphatic hydroxyl groups excluding tert-OH is 1. The van der Waals surface area contributed by atoms with E-state index in [9.17, 15) is 0 Å². The maximum Gasteiger partial charge on any atom is 0.249 e. The minimum Gasteiger partial charge on any atom is -0.381 e. The average Bonchev–Trinajstić information content (AvgIpc) is 2.05. The number of nitrogens with zero attached hydrogens (tertiary/aromatic N) is 1. The highest BCUT2D eigenvalue weighted by Gasteiger charge is 2.35. The van der Waals surface area contributed by atoms with Crippen molar-refractivity contribution in [2.75, 3.05) is 6.73 Å². The van der Waals surface area contributed by atoms with E-state index < -0.39 is 3.92 Å². The third-order valence-electron chi connectivity index (χ3n) is 2.49. The monoisotopic (exact) mass is 245 g/mol. The standard InChI is InChI=1S/C8H14Cl3NO/c9-8(10,11)12(6-13)7-4-2-1-3-5-7/h7,13H,1-6H2. The first-order valence-corrected chi connectivity index (χ1v) is 5.63. The third-order valence-corrected chi connectivity index (χ3v) is 3.14. The first-order valence-electron chi connectivity index (χ1n) is 4.50. The first kappa shape index (κ1) is 11.9. The highest BCUT2D eigenvalue weighted by molar-refractivity contribution is 6.67. The quantitative estimate of drug-likeness (QED) is 0.460. The normalized spacial score (nSPS) is 21.0. The molecule has 1 aliphatic carbocycles. The molecule has 1 rings (SSSR count). The van der Waals surface area contributed by atoms with Crippen LogP contribution in [0.1, 0.15) is 32.1 Å². The van der Waals surface area contributed by atoms with Gasteiger partial charge >= 0.3 is 0 Å². The Bertz CT molecular complexity index is 154. The van der Waals surface area contributed by atoms with Crippen molar-refractivity contribution in [1.82, 2.24) is 4.90 Å². The Morgan fingerprint density at radius 1 is 1.15 bits per heavy atom. The summed E-state index contributed by atoms with van der Waals surface area (Å²) in [4.78, 5) is 1.52. The minimum atomic E-state index is -1.48. The molecule has 5 heteroatoms. The SMILES string of the molecule is OCN(C1CCCCC1)C(Cl)(Cl)Cl. The van der Waals surface area contributed by atoms with Crippen LogP contribution < -0.4 is 0 Å². The maximum atomic E-state index is 9.09. The molecule has 2 nitrogen and oxygen atoms in total. The molecule has 0 aromatic heterocycles. The highest BCUT2D eigenvalue weighted by atomic mass is 35.6. The van der Waals surface area contributed by atoms with Crippen molar-refractivity contribution in [2.24, 2.45) is 0 Å². The summed E-state index contributed by atoms with van der Waals surface area (Å²) in [6.07, 6.45) is 5.57. The van der Waals surface area contributed by atoms with E-state index in [-0.39, 0.29) is 12.8 Å². The molecule has 0 amide bonds. The molecule has 0 spiro atoms. The Balaban J connectivity index is 2.54. The van der Waals surface area contributed by atoms with E-state index in [1.54, 1.807) is 0 Å². The van der Waals surface area contributed by atoms with Crippen molar-refractivity contribution in [3.8, 4) is 0 Å². The second-order valence-electron chi connectivity index (χ2n) is 3.37. The van der Waals surface area contributed by atoms with Crippen LogP contribution >= 0.6 is 34.8 Å². The molecule has 0 aliphatic heterocycles. The predicted molar refractivity (Wildman–Crippen MR) is 56.1 cm³/mol. The Morgan fingerprint density at radius 2 is 1.69 bits per heavy atom. The molecule has 1 aliphatic rings. The average molecular weight is 247 g/mol. The molecule has 0 bridgehead atoms. The molecule has 1 N–H and O–H groups in total. The molecule has 0 aromatic rings. The van der Waals surface area contributed by atoms with Crippen LogP contribution in [0.5, 0.6) is 0 Å². The zero-order valence-corrected chi connectivity index (χ0v) is 9.62. The van der Waals surface area contributed by atoms with E-state index in [1.807, 2.05) is 0 Å². The number of aliphatic hydroxyl groups is 1. The fourth-order valence-electron chi connectivity index (χ4n) is 1.80. The maximum absolute atomic E-state index is 9.09. The van der Waals surface area contributed by atoms with E-state index in [2.05, 4.69) is 0 Å². The van der Waals surface area contributed by atoms with Crippen LogP contribution in [0.25, 0.3) is 0 Å². The summed E-state index contributed by atoms with van der Waals surface area (Å²) in [5.74, 6) is 0. The van der Waals surface area contributed by atoms with Crippen LogP contribution in [-0.4, -0.2) is 26.7 Å². The van der Waals surface area contributed by atoms with Gasteiger partial charge in [0.2, 0.25) is 3.92 Å². The van der Waals surface area contributed by atoms with Gasteiger partial charge in [-0.2, -0.15) is 0 Å². The van der Waals surface area contributed by atoms with Crippen LogP contribution in [-0.2, 0) is 0 Å². The summed E-state index contributed by atoms with van der Waals surface area (Å²) in [6.45, 7) is -0.193. The summed E-state index contributed by atoms with van der Waals surface area (Å²) >= 11 is 17.2. The zero-order chi connectivity index (χ0) is 9.90. The molecular formula is C8H14Cl3NO. The van der Waals surface area contributed by atoms with Crippen LogP contribution in [0.3, 0.4) is 0 Å². The molecule has 13 heavy (non-hydrogen) atoms. The van der Waals surface area contributed by atoms with Gasteiger partial charge in [-0.25, -0.2) is 4.90 Å². The number of halogens is 3. The Morgan fingerprint density at radius 3 is 2.08 bits per heavy atom. The third kappa shape index (κ3) is 3.45. The molecule has 1 saturated carbocycles. The van der Waals surface area contributed by atoms with Crippen molar-refractivity contribution >= 4 is 34.8 Å². The van der Waals surface area contributed by atoms with Crippen LogP contribution in [0.2, 0.25) is 0 Å². The molecule has 0 heterocycles. The van der Waals surface area contributed by atoms with Crippen molar-refractivity contribution in [1.29, 1.82) is 0 Å². The molecule has 0 atom stereocenters. The zero-order valence-electron chi connectivity index (χ0n) is 7.35. The Hall–Kier alpha value is 0.790. The van der Waals surface area contributed by atoms with Crippen molar-refractivity contribution < 1.29 is 5.11 Å². The predicted octanol–water partition coefficient (Wildman–Crippen LogP) is 2.90. The lowest BCUT2D eigenvalue weighted by Gasteiger charge is -2.36. The van der Waals surface area contributed by atoms with Gasteiger partial charge in [0.25, 0.3) is 0 Å². The smallest absolute Gasteiger partial charge is 0.249 e. The fraction of sp³-hybridized carbons (Fsp3) is 1.00. The van der Waals surface area contributed by atoms with Gasteiger partial charge < -0.3 is 5.11 Å². The van der Waals surface area contributed by atoms with Crippen LogP contribution in [0, 0.1) is 0 Å². The molecule has 0 radical (unpaired) electrons. The number of alkyl halides is 3. The van der Waals surface area contributed by atoms with E-state index in [0.29, 0.717) is 0 Å². The van der Waals surface area contributed by atoms with E-state index in [0.717, 1.165) is 25.7 Å². The van der Waals surface area contributed by atoms with Crippen LogP contribution in [0.15, 0.2) is 0 Å². The first-order chi connectivity index (χ1) is 6.05. The van der Waals surface area contributed by atoms with Gasteiger partial charge in [0.05, 0.1) is 6.73 Å². The van der Waals surface area contributed by atoms with Gasteiger partial charge in [0.1, 0.15) is 0 Å². The summed E-state index contributed by atoms with van der Waals surface area (Å²) in [6, 6.07) is 0.214. The van der Waals surface area contributed by atoms with Gasteiger partial charge in [-0.1, -0.05) is 54.1 Å². The Kier molecular flexibility index (Phi) is 4.59. The molecule has 0 unspecified atom stereocenters.